The maximum absolute atomic E-state index is 14.5. The van der Waals surface area contributed by atoms with Crippen molar-refractivity contribution in [2.24, 2.45) is 11.3 Å². The first-order chi connectivity index (χ1) is 14.4. The van der Waals surface area contributed by atoms with Crippen molar-refractivity contribution in [3.05, 3.63) is 42.0 Å². The van der Waals surface area contributed by atoms with Crippen LogP contribution >= 0.6 is 0 Å². The first kappa shape index (κ1) is 23.3. The minimum Gasteiger partial charge on any atom is -0.467 e. The Bertz CT molecular complexity index is 1020. The zero-order valence-corrected chi connectivity index (χ0v) is 17.9. The monoisotopic (exact) mass is 461 g/mol. The Morgan fingerprint density at radius 1 is 1.26 bits per heavy atom. The summed E-state index contributed by atoms with van der Waals surface area (Å²) in [6, 6.07) is 5.28. The number of halogens is 3. The topological polar surface area (TPSA) is 90.0 Å². The van der Waals surface area contributed by atoms with E-state index in [1.54, 1.807) is 13.8 Å². The van der Waals surface area contributed by atoms with Crippen LogP contribution < -0.4 is 0 Å². The maximum atomic E-state index is 14.5. The third-order valence-corrected chi connectivity index (χ3v) is 7.69. The van der Waals surface area contributed by atoms with E-state index in [2.05, 4.69) is 4.74 Å². The highest BCUT2D eigenvalue weighted by atomic mass is 32.2. The van der Waals surface area contributed by atoms with Gasteiger partial charge in [-0.2, -0.15) is 17.5 Å². The van der Waals surface area contributed by atoms with E-state index in [1.165, 1.54) is 30.3 Å². The highest BCUT2D eigenvalue weighted by Gasteiger charge is 2.85. The highest BCUT2D eigenvalue weighted by Crippen LogP contribution is 2.70. The lowest BCUT2D eigenvalue weighted by atomic mass is 9.91. The first-order valence-electron chi connectivity index (χ1n) is 9.47. The molecule has 1 aromatic rings. The summed E-state index contributed by atoms with van der Waals surface area (Å²) in [6.07, 6.45) is -3.19. The number of alkyl halides is 3. The average Bonchev–Trinajstić information content (AvgIpc) is 3.31. The first-order valence-corrected chi connectivity index (χ1v) is 10.9. The van der Waals surface area contributed by atoms with Gasteiger partial charge in [-0.05, 0) is 32.4 Å². The molecule has 1 unspecified atom stereocenters. The van der Waals surface area contributed by atoms with Gasteiger partial charge in [0.15, 0.2) is 0 Å². The van der Waals surface area contributed by atoms with Gasteiger partial charge in [0, 0.05) is 24.0 Å². The fourth-order valence-electron chi connectivity index (χ4n) is 4.25. The van der Waals surface area contributed by atoms with E-state index in [9.17, 15) is 31.2 Å². The van der Waals surface area contributed by atoms with Gasteiger partial charge < -0.3 is 9.47 Å². The SMILES string of the molecule is CCOC(=O)/C=C/[C@]12C[C@@H]1C(C(=O)OC)(C(F)(F)F)N(S(=O)(=O)c1ccc(C)cc1)C2. The number of hydrogen-bond acceptors (Lipinski definition) is 6. The van der Waals surface area contributed by atoms with Crippen LogP contribution in [0.2, 0.25) is 0 Å². The molecule has 1 aliphatic heterocycles. The lowest BCUT2D eigenvalue weighted by molar-refractivity contribution is -0.227. The number of piperidine rings is 1. The molecule has 7 nitrogen and oxygen atoms in total. The maximum Gasteiger partial charge on any atom is 0.418 e. The number of aryl methyl sites for hydroxylation is 1. The van der Waals surface area contributed by atoms with Crippen LogP contribution in [-0.4, -0.2) is 56.6 Å². The fourth-order valence-corrected chi connectivity index (χ4v) is 6.08. The van der Waals surface area contributed by atoms with Crippen molar-refractivity contribution in [1.82, 2.24) is 4.31 Å². The number of esters is 2. The molecule has 0 amide bonds. The molecule has 0 spiro atoms. The Morgan fingerprint density at radius 2 is 1.87 bits per heavy atom. The minimum atomic E-state index is -5.25. The van der Waals surface area contributed by atoms with Crippen LogP contribution in [0.1, 0.15) is 18.9 Å². The summed E-state index contributed by atoms with van der Waals surface area (Å²) in [4.78, 5) is 23.9. The van der Waals surface area contributed by atoms with E-state index < -0.39 is 51.6 Å². The second kappa shape index (κ2) is 7.63. The number of sulfonamides is 1. The van der Waals surface area contributed by atoms with E-state index in [1.807, 2.05) is 0 Å². The van der Waals surface area contributed by atoms with Gasteiger partial charge in [0.2, 0.25) is 15.6 Å². The third-order valence-electron chi connectivity index (χ3n) is 5.83. The molecule has 1 aliphatic carbocycles. The zero-order valence-electron chi connectivity index (χ0n) is 17.1. The van der Waals surface area contributed by atoms with Crippen molar-refractivity contribution >= 4 is 22.0 Å². The minimum absolute atomic E-state index is 0.0716. The molecule has 3 atom stereocenters. The zero-order chi connectivity index (χ0) is 23.2. The van der Waals surface area contributed by atoms with E-state index in [4.69, 9.17) is 4.74 Å². The molecular formula is C20H22F3NO6S. The van der Waals surface area contributed by atoms with E-state index in [-0.39, 0.29) is 22.2 Å². The highest BCUT2D eigenvalue weighted by molar-refractivity contribution is 7.89. The molecule has 1 saturated carbocycles. The van der Waals surface area contributed by atoms with Gasteiger partial charge in [-0.1, -0.05) is 23.8 Å². The summed E-state index contributed by atoms with van der Waals surface area (Å²) < 4.78 is 79.3. The van der Waals surface area contributed by atoms with Gasteiger partial charge in [-0.25, -0.2) is 18.0 Å². The van der Waals surface area contributed by atoms with Crippen molar-refractivity contribution in [1.29, 1.82) is 0 Å². The lowest BCUT2D eigenvalue weighted by Gasteiger charge is -2.38. The molecule has 170 valence electrons. The molecule has 1 heterocycles. The number of fused-ring (bicyclic) bond motifs is 1. The number of nitrogens with zero attached hydrogens (tertiary/aromatic N) is 1. The van der Waals surface area contributed by atoms with E-state index in [0.29, 0.717) is 5.56 Å². The lowest BCUT2D eigenvalue weighted by Crippen LogP contribution is -2.65. The normalized spacial score (nSPS) is 28.4. The molecular weight excluding hydrogens is 439 g/mol. The van der Waals surface area contributed by atoms with Crippen molar-refractivity contribution in [2.45, 2.75) is 36.9 Å². The van der Waals surface area contributed by atoms with Gasteiger partial charge in [-0.15, -0.1) is 0 Å². The predicted molar refractivity (Wildman–Crippen MR) is 102 cm³/mol. The van der Waals surface area contributed by atoms with Gasteiger partial charge >= 0.3 is 18.1 Å². The van der Waals surface area contributed by atoms with Crippen molar-refractivity contribution in [2.75, 3.05) is 20.3 Å². The number of hydrogen-bond donors (Lipinski definition) is 0. The van der Waals surface area contributed by atoms with E-state index >= 15 is 0 Å². The molecule has 0 bridgehead atoms. The van der Waals surface area contributed by atoms with Gasteiger partial charge in [0.05, 0.1) is 18.6 Å². The van der Waals surface area contributed by atoms with Gasteiger partial charge in [-0.3, -0.25) is 0 Å². The number of carbonyl (C=O) groups is 2. The second-order valence-corrected chi connectivity index (χ2v) is 9.52. The Kier molecular flexibility index (Phi) is 5.72. The van der Waals surface area contributed by atoms with Crippen LogP contribution in [0.25, 0.3) is 0 Å². The molecule has 3 rings (SSSR count). The summed E-state index contributed by atoms with van der Waals surface area (Å²) in [5.41, 5.74) is -4.02. The van der Waals surface area contributed by atoms with Crippen LogP contribution in [0.5, 0.6) is 0 Å². The molecule has 0 radical (unpaired) electrons. The number of carbonyl (C=O) groups excluding carboxylic acids is 2. The van der Waals surface area contributed by atoms with Crippen molar-refractivity contribution < 1.29 is 40.7 Å². The molecule has 11 heteroatoms. The molecule has 31 heavy (non-hydrogen) atoms. The average molecular weight is 461 g/mol. The van der Waals surface area contributed by atoms with Crippen molar-refractivity contribution in [3.8, 4) is 0 Å². The van der Waals surface area contributed by atoms with Crippen molar-refractivity contribution in [3.63, 3.8) is 0 Å². The summed E-state index contributed by atoms with van der Waals surface area (Å²) in [5, 5.41) is 0. The third kappa shape index (κ3) is 3.53. The van der Waals surface area contributed by atoms with Crippen LogP contribution in [0.15, 0.2) is 41.3 Å². The summed E-state index contributed by atoms with van der Waals surface area (Å²) in [7, 11) is -3.95. The number of rotatable bonds is 6. The molecule has 1 saturated heterocycles. The van der Waals surface area contributed by atoms with Crippen LogP contribution in [-0.2, 0) is 29.1 Å². The number of methoxy groups -OCH3 is 1. The van der Waals surface area contributed by atoms with Gasteiger partial charge in [0.1, 0.15) is 0 Å². The second-order valence-electron chi connectivity index (χ2n) is 7.66. The fraction of sp³-hybridized carbons (Fsp3) is 0.500. The Balaban J connectivity index is 2.15. The summed E-state index contributed by atoms with van der Waals surface area (Å²) in [6.45, 7) is 2.72. The van der Waals surface area contributed by atoms with Gasteiger partial charge in [0.25, 0.3) is 0 Å². The Hall–Kier alpha value is -2.40. The van der Waals surface area contributed by atoms with Crippen LogP contribution in [0.4, 0.5) is 13.2 Å². The predicted octanol–water partition coefficient (Wildman–Crippen LogP) is 2.60. The molecule has 1 aromatic carbocycles. The molecule has 2 aliphatic rings. The smallest absolute Gasteiger partial charge is 0.418 e. The quantitative estimate of drug-likeness (QED) is 0.478. The summed E-state index contributed by atoms with van der Waals surface area (Å²) >= 11 is 0. The van der Waals surface area contributed by atoms with Crippen LogP contribution in [0.3, 0.4) is 0 Å². The largest absolute Gasteiger partial charge is 0.467 e. The Morgan fingerprint density at radius 3 is 2.39 bits per heavy atom. The number of ether oxygens (including phenoxy) is 2. The van der Waals surface area contributed by atoms with Crippen LogP contribution in [0, 0.1) is 18.3 Å². The molecule has 0 aromatic heterocycles. The number of benzene rings is 1. The van der Waals surface area contributed by atoms with E-state index in [0.717, 1.165) is 13.2 Å². The molecule has 2 fully saturated rings. The summed E-state index contributed by atoms with van der Waals surface area (Å²) in [5.74, 6) is -3.90. The molecule has 0 N–H and O–H groups in total. The standard InChI is InChI=1S/C20H22F3NO6S/c1-4-30-16(25)9-10-18-11-15(18)19(17(26)29-3,20(21,22)23)24(12-18)31(27,28)14-7-5-13(2)6-8-14/h5-10,15H,4,11-12H2,1-3H3/b10-9+/t15-,18+,19?/m0/s1. The Labute approximate surface area is 177 Å².